The molecule has 0 atom stereocenters. The van der Waals surface area contributed by atoms with Crippen LogP contribution in [0.15, 0.2) is 42.7 Å². The van der Waals surface area contributed by atoms with Gasteiger partial charge in [0.15, 0.2) is 5.82 Å². The van der Waals surface area contributed by atoms with Gasteiger partial charge >= 0.3 is 0 Å². The molecule has 0 spiro atoms. The van der Waals surface area contributed by atoms with E-state index in [4.69, 9.17) is 9.97 Å². The summed E-state index contributed by atoms with van der Waals surface area (Å²) < 4.78 is 0. The van der Waals surface area contributed by atoms with Gasteiger partial charge in [-0.15, -0.1) is 0 Å². The summed E-state index contributed by atoms with van der Waals surface area (Å²) in [5.41, 5.74) is 5.72. The van der Waals surface area contributed by atoms with Crippen LogP contribution in [0.25, 0.3) is 11.4 Å². The zero-order valence-corrected chi connectivity index (χ0v) is 16.2. The van der Waals surface area contributed by atoms with Crippen molar-refractivity contribution >= 4 is 0 Å². The van der Waals surface area contributed by atoms with Gasteiger partial charge in [0, 0.05) is 72.4 Å². The van der Waals surface area contributed by atoms with Gasteiger partial charge in [0.05, 0.1) is 0 Å². The second kappa shape index (κ2) is 7.53. The normalized spacial score (nSPS) is 14.4. The Morgan fingerprint density at radius 1 is 1.04 bits per heavy atom. The first-order chi connectivity index (χ1) is 13.1. The minimum atomic E-state index is 0.372. The van der Waals surface area contributed by atoms with Gasteiger partial charge in [0.2, 0.25) is 0 Å². The third-order valence-corrected chi connectivity index (χ3v) is 5.05. The Labute approximate surface area is 160 Å². The summed E-state index contributed by atoms with van der Waals surface area (Å²) in [4.78, 5) is 21.0. The summed E-state index contributed by atoms with van der Waals surface area (Å²) in [6.45, 7) is 9.08. The van der Waals surface area contributed by atoms with Crippen molar-refractivity contribution in [3.63, 3.8) is 0 Å². The molecule has 1 aliphatic rings. The number of hydrogen-bond donors (Lipinski definition) is 0. The van der Waals surface area contributed by atoms with Crippen LogP contribution in [0.4, 0.5) is 0 Å². The van der Waals surface area contributed by atoms with Crippen LogP contribution in [0.2, 0.25) is 0 Å². The topological polar surface area (TPSA) is 54.8 Å². The van der Waals surface area contributed by atoms with Crippen molar-refractivity contribution in [1.82, 2.24) is 24.8 Å². The molecule has 0 radical (unpaired) electrons. The lowest BCUT2D eigenvalue weighted by molar-refractivity contribution is 0.241. The van der Waals surface area contributed by atoms with Gasteiger partial charge in [-0.05, 0) is 6.92 Å². The Hall–Kier alpha value is -2.66. The fourth-order valence-corrected chi connectivity index (χ4v) is 3.42. The van der Waals surface area contributed by atoms with E-state index in [1.165, 1.54) is 16.8 Å². The number of aryl methyl sites for hydroxylation is 1. The molecular weight excluding hydrogens is 334 g/mol. The molecule has 0 unspecified atom stereocenters. The molecular formula is C22H25N5. The molecule has 0 saturated heterocycles. The molecule has 0 fully saturated rings. The van der Waals surface area contributed by atoms with Gasteiger partial charge in [-0.3, -0.25) is 4.90 Å². The predicted molar refractivity (Wildman–Crippen MR) is 106 cm³/mol. The molecule has 3 aromatic rings. The van der Waals surface area contributed by atoms with Gasteiger partial charge < -0.3 is 0 Å². The molecule has 138 valence electrons. The monoisotopic (exact) mass is 359 g/mol. The van der Waals surface area contributed by atoms with Gasteiger partial charge in [0.25, 0.3) is 0 Å². The zero-order chi connectivity index (χ0) is 18.8. The Morgan fingerprint density at radius 2 is 1.85 bits per heavy atom. The fraction of sp³-hybridized carbons (Fsp3) is 0.364. The number of aromatic nitrogens is 4. The maximum absolute atomic E-state index is 4.75. The lowest BCUT2D eigenvalue weighted by atomic mass is 10.1. The van der Waals surface area contributed by atoms with E-state index >= 15 is 0 Å². The fourth-order valence-electron chi connectivity index (χ4n) is 3.42. The molecule has 1 aromatic carbocycles. The highest BCUT2D eigenvalue weighted by atomic mass is 15.1. The molecule has 5 heteroatoms. The molecule has 0 amide bonds. The highest BCUT2D eigenvalue weighted by molar-refractivity contribution is 5.54. The lowest BCUT2D eigenvalue weighted by Gasteiger charge is -2.28. The molecule has 3 heterocycles. The number of rotatable bonds is 4. The highest BCUT2D eigenvalue weighted by Crippen LogP contribution is 2.22. The summed E-state index contributed by atoms with van der Waals surface area (Å²) in [6.07, 6.45) is 4.95. The van der Waals surface area contributed by atoms with Crippen molar-refractivity contribution in [2.75, 3.05) is 6.54 Å². The molecule has 2 aromatic heterocycles. The molecule has 0 bridgehead atoms. The largest absolute Gasteiger partial charge is 0.294 e. The Balaban J connectivity index is 1.48. The average Bonchev–Trinajstić information content (AvgIpc) is 2.69. The van der Waals surface area contributed by atoms with Crippen LogP contribution in [0.5, 0.6) is 0 Å². The van der Waals surface area contributed by atoms with E-state index in [0.29, 0.717) is 5.92 Å². The number of benzene rings is 1. The molecule has 5 nitrogen and oxygen atoms in total. The van der Waals surface area contributed by atoms with Crippen molar-refractivity contribution in [2.45, 2.75) is 46.2 Å². The van der Waals surface area contributed by atoms with Gasteiger partial charge in [-0.2, -0.15) is 0 Å². The van der Waals surface area contributed by atoms with E-state index in [2.05, 4.69) is 35.6 Å². The van der Waals surface area contributed by atoms with Crippen molar-refractivity contribution in [3.05, 3.63) is 71.1 Å². The quantitative estimate of drug-likeness (QED) is 0.707. The van der Waals surface area contributed by atoms with Crippen LogP contribution >= 0.6 is 0 Å². The van der Waals surface area contributed by atoms with Gasteiger partial charge in [0.1, 0.15) is 5.82 Å². The van der Waals surface area contributed by atoms with E-state index in [1.54, 1.807) is 0 Å². The van der Waals surface area contributed by atoms with Crippen LogP contribution < -0.4 is 0 Å². The Kier molecular flexibility index (Phi) is 4.94. The van der Waals surface area contributed by atoms with Crippen molar-refractivity contribution in [3.8, 4) is 11.4 Å². The third kappa shape index (κ3) is 3.88. The maximum Gasteiger partial charge on any atom is 0.159 e. The second-order valence-electron chi connectivity index (χ2n) is 7.49. The molecule has 0 aliphatic carbocycles. The smallest absolute Gasteiger partial charge is 0.159 e. The first-order valence-electron chi connectivity index (χ1n) is 9.55. The summed E-state index contributed by atoms with van der Waals surface area (Å²) in [7, 11) is 0. The average molecular weight is 359 g/mol. The molecule has 1 aliphatic heterocycles. The Bertz CT molecular complexity index is 937. The second-order valence-corrected chi connectivity index (χ2v) is 7.49. The first-order valence-corrected chi connectivity index (χ1v) is 9.55. The minimum Gasteiger partial charge on any atom is -0.294 e. The van der Waals surface area contributed by atoms with E-state index in [1.807, 2.05) is 42.7 Å². The van der Waals surface area contributed by atoms with Crippen LogP contribution in [0, 0.1) is 6.92 Å². The standard InChI is InChI=1S/C22H25N5/c1-15(2)21-23-12-19-14-27(10-9-20(19)26-21)13-18-11-24-22(25-16(18)3)17-7-5-4-6-8-17/h4-8,11-12,15H,9-10,13-14H2,1-3H3. The summed E-state index contributed by atoms with van der Waals surface area (Å²) in [5, 5.41) is 0. The van der Waals surface area contributed by atoms with Gasteiger partial charge in [-0.25, -0.2) is 19.9 Å². The number of hydrogen-bond acceptors (Lipinski definition) is 5. The van der Waals surface area contributed by atoms with Gasteiger partial charge in [-0.1, -0.05) is 44.2 Å². The van der Waals surface area contributed by atoms with E-state index < -0.39 is 0 Å². The van der Waals surface area contributed by atoms with Crippen molar-refractivity contribution in [1.29, 1.82) is 0 Å². The number of fused-ring (bicyclic) bond motifs is 1. The summed E-state index contributed by atoms with van der Waals surface area (Å²) in [5.74, 6) is 2.11. The van der Waals surface area contributed by atoms with Crippen LogP contribution in [-0.2, 0) is 19.5 Å². The summed E-state index contributed by atoms with van der Waals surface area (Å²) in [6, 6.07) is 10.1. The zero-order valence-electron chi connectivity index (χ0n) is 16.2. The van der Waals surface area contributed by atoms with Crippen molar-refractivity contribution < 1.29 is 0 Å². The molecule has 0 N–H and O–H groups in total. The van der Waals surface area contributed by atoms with E-state index in [-0.39, 0.29) is 0 Å². The summed E-state index contributed by atoms with van der Waals surface area (Å²) >= 11 is 0. The molecule has 4 rings (SSSR count). The predicted octanol–water partition coefficient (Wildman–Crippen LogP) is 3.92. The maximum atomic E-state index is 4.75. The lowest BCUT2D eigenvalue weighted by Crippen LogP contribution is -2.31. The van der Waals surface area contributed by atoms with E-state index in [0.717, 1.165) is 49.0 Å². The van der Waals surface area contributed by atoms with Crippen LogP contribution in [0.3, 0.4) is 0 Å². The third-order valence-electron chi connectivity index (χ3n) is 5.05. The minimum absolute atomic E-state index is 0.372. The van der Waals surface area contributed by atoms with Crippen LogP contribution in [0.1, 0.15) is 48.1 Å². The highest BCUT2D eigenvalue weighted by Gasteiger charge is 2.20. The van der Waals surface area contributed by atoms with E-state index in [9.17, 15) is 0 Å². The first kappa shape index (κ1) is 17.7. The SMILES string of the molecule is Cc1nc(-c2ccccc2)ncc1CN1CCc2nc(C(C)C)ncc2C1. The Morgan fingerprint density at radius 3 is 2.59 bits per heavy atom. The molecule has 27 heavy (non-hydrogen) atoms. The van der Waals surface area contributed by atoms with Crippen LogP contribution in [-0.4, -0.2) is 31.4 Å². The molecule has 0 saturated carbocycles. The number of nitrogens with zero attached hydrogens (tertiary/aromatic N) is 5. The van der Waals surface area contributed by atoms with Crippen molar-refractivity contribution in [2.24, 2.45) is 0 Å².